The lowest BCUT2D eigenvalue weighted by atomic mass is 10.1. The maximum absolute atomic E-state index is 3.78. The maximum Gasteiger partial charge on any atom is 0.0492 e. The van der Waals surface area contributed by atoms with Crippen molar-refractivity contribution in [1.29, 1.82) is 0 Å². The van der Waals surface area contributed by atoms with Crippen LogP contribution >= 0.6 is 15.9 Å². The van der Waals surface area contributed by atoms with Crippen molar-refractivity contribution >= 4 is 26.8 Å². The summed E-state index contributed by atoms with van der Waals surface area (Å²) >= 11 is 3.78. The summed E-state index contributed by atoms with van der Waals surface area (Å²) in [4.78, 5) is 0. The van der Waals surface area contributed by atoms with Gasteiger partial charge in [-0.2, -0.15) is 0 Å². The van der Waals surface area contributed by atoms with Crippen LogP contribution in [0.1, 0.15) is 31.0 Å². The van der Waals surface area contributed by atoms with E-state index in [2.05, 4.69) is 58.0 Å². The van der Waals surface area contributed by atoms with Gasteiger partial charge in [0.2, 0.25) is 0 Å². The summed E-state index contributed by atoms with van der Waals surface area (Å²) in [6.45, 7) is 3.16. The first-order valence-corrected chi connectivity index (χ1v) is 7.49. The third kappa shape index (κ3) is 2.10. The highest BCUT2D eigenvalue weighted by Gasteiger charge is 2.22. The number of aromatic nitrogens is 1. The normalized spacial score (nSPS) is 15.5. The number of hydrogen-bond acceptors (Lipinski definition) is 1. The van der Waals surface area contributed by atoms with Crippen molar-refractivity contribution in [3.8, 4) is 0 Å². The molecule has 0 aliphatic heterocycles. The maximum atomic E-state index is 3.78. The van der Waals surface area contributed by atoms with E-state index in [1.165, 1.54) is 39.5 Å². The number of halogens is 1. The van der Waals surface area contributed by atoms with Crippen molar-refractivity contribution in [3.63, 3.8) is 0 Å². The molecular weight excluding hydrogens is 288 g/mol. The molecule has 1 fully saturated rings. The Morgan fingerprint density at radius 3 is 2.83 bits per heavy atom. The minimum absolute atomic E-state index is 0.751. The average molecular weight is 307 g/mol. The molecule has 2 aromatic rings. The predicted molar refractivity (Wildman–Crippen MR) is 79.9 cm³/mol. The van der Waals surface area contributed by atoms with Gasteiger partial charge in [-0.25, -0.2) is 0 Å². The monoisotopic (exact) mass is 306 g/mol. The molecule has 0 unspecified atom stereocenters. The molecule has 0 atom stereocenters. The molecule has 1 aromatic carbocycles. The van der Waals surface area contributed by atoms with E-state index in [1.54, 1.807) is 0 Å². The Hall–Kier alpha value is -0.800. The van der Waals surface area contributed by atoms with Crippen molar-refractivity contribution < 1.29 is 0 Å². The SMILES string of the molecule is CCc1ccc2c(c1)c(Br)c(CNC1CC1)n2C. The van der Waals surface area contributed by atoms with Gasteiger partial charge in [-0.1, -0.05) is 13.0 Å². The van der Waals surface area contributed by atoms with Crippen LogP contribution in [0.5, 0.6) is 0 Å². The number of rotatable bonds is 4. The first-order valence-electron chi connectivity index (χ1n) is 6.69. The second-order valence-electron chi connectivity index (χ2n) is 5.18. The summed E-state index contributed by atoms with van der Waals surface area (Å²) in [5.74, 6) is 0. The fraction of sp³-hybridized carbons (Fsp3) is 0.467. The molecule has 0 radical (unpaired) electrons. The highest BCUT2D eigenvalue weighted by atomic mass is 79.9. The van der Waals surface area contributed by atoms with Gasteiger partial charge in [0.25, 0.3) is 0 Å². The molecule has 0 saturated heterocycles. The molecular formula is C15H19BrN2. The van der Waals surface area contributed by atoms with Crippen molar-refractivity contribution in [2.24, 2.45) is 7.05 Å². The molecule has 3 heteroatoms. The fourth-order valence-corrected chi connectivity index (χ4v) is 3.17. The van der Waals surface area contributed by atoms with E-state index in [1.807, 2.05) is 0 Å². The van der Waals surface area contributed by atoms with E-state index in [4.69, 9.17) is 0 Å². The van der Waals surface area contributed by atoms with Gasteiger partial charge in [0.05, 0.1) is 0 Å². The van der Waals surface area contributed by atoms with Gasteiger partial charge in [0.1, 0.15) is 0 Å². The van der Waals surface area contributed by atoms with Crippen LogP contribution in [-0.4, -0.2) is 10.6 Å². The zero-order valence-electron chi connectivity index (χ0n) is 11.0. The molecule has 18 heavy (non-hydrogen) atoms. The molecule has 0 spiro atoms. The molecule has 1 aromatic heterocycles. The highest BCUT2D eigenvalue weighted by Crippen LogP contribution is 2.32. The summed E-state index contributed by atoms with van der Waals surface area (Å²) in [6.07, 6.45) is 3.76. The van der Waals surface area contributed by atoms with Gasteiger partial charge >= 0.3 is 0 Å². The lowest BCUT2D eigenvalue weighted by Gasteiger charge is -2.06. The predicted octanol–water partition coefficient (Wildman–Crippen LogP) is 3.76. The Balaban J connectivity index is 2.01. The van der Waals surface area contributed by atoms with E-state index >= 15 is 0 Å². The number of aryl methyl sites for hydroxylation is 2. The summed E-state index contributed by atoms with van der Waals surface area (Å²) in [6, 6.07) is 7.52. The summed E-state index contributed by atoms with van der Waals surface area (Å²) in [7, 11) is 2.16. The van der Waals surface area contributed by atoms with Gasteiger partial charge in [-0.3, -0.25) is 0 Å². The van der Waals surface area contributed by atoms with Crippen molar-refractivity contribution in [2.75, 3.05) is 0 Å². The largest absolute Gasteiger partial charge is 0.345 e. The van der Waals surface area contributed by atoms with Gasteiger partial charge in [0, 0.05) is 40.7 Å². The van der Waals surface area contributed by atoms with Gasteiger partial charge in [-0.15, -0.1) is 0 Å². The highest BCUT2D eigenvalue weighted by molar-refractivity contribution is 9.10. The Morgan fingerprint density at radius 2 is 2.17 bits per heavy atom. The minimum Gasteiger partial charge on any atom is -0.345 e. The van der Waals surface area contributed by atoms with E-state index < -0.39 is 0 Å². The summed E-state index contributed by atoms with van der Waals surface area (Å²) in [5.41, 5.74) is 4.06. The molecule has 3 rings (SSSR count). The molecule has 0 bridgehead atoms. The van der Waals surface area contributed by atoms with E-state index in [9.17, 15) is 0 Å². The van der Waals surface area contributed by atoms with Crippen LogP contribution in [0.4, 0.5) is 0 Å². The van der Waals surface area contributed by atoms with Crippen LogP contribution in [0.15, 0.2) is 22.7 Å². The lowest BCUT2D eigenvalue weighted by molar-refractivity contribution is 0.653. The van der Waals surface area contributed by atoms with Crippen LogP contribution in [0.3, 0.4) is 0 Å². The topological polar surface area (TPSA) is 17.0 Å². The third-order valence-corrected chi connectivity index (χ3v) is 4.75. The number of hydrogen-bond donors (Lipinski definition) is 1. The Kier molecular flexibility index (Phi) is 3.20. The Bertz CT molecular complexity index is 582. The van der Waals surface area contributed by atoms with E-state index in [0.717, 1.165) is 19.0 Å². The Morgan fingerprint density at radius 1 is 1.39 bits per heavy atom. The number of benzene rings is 1. The van der Waals surface area contributed by atoms with Crippen LogP contribution in [-0.2, 0) is 20.0 Å². The average Bonchev–Trinajstić information content (AvgIpc) is 3.18. The van der Waals surface area contributed by atoms with E-state index in [-0.39, 0.29) is 0 Å². The second-order valence-corrected chi connectivity index (χ2v) is 5.97. The fourth-order valence-electron chi connectivity index (χ4n) is 2.44. The molecule has 96 valence electrons. The molecule has 1 N–H and O–H groups in total. The quantitative estimate of drug-likeness (QED) is 0.910. The summed E-state index contributed by atoms with van der Waals surface area (Å²) < 4.78 is 3.55. The van der Waals surface area contributed by atoms with Crippen LogP contribution in [0.25, 0.3) is 10.9 Å². The molecule has 0 amide bonds. The van der Waals surface area contributed by atoms with E-state index in [0.29, 0.717) is 0 Å². The molecule has 1 aliphatic carbocycles. The number of nitrogens with zero attached hydrogens (tertiary/aromatic N) is 1. The zero-order chi connectivity index (χ0) is 12.7. The van der Waals surface area contributed by atoms with Gasteiger partial charge in [-0.05, 0) is 52.9 Å². The minimum atomic E-state index is 0.751. The van der Waals surface area contributed by atoms with Crippen LogP contribution in [0.2, 0.25) is 0 Å². The van der Waals surface area contributed by atoms with Crippen LogP contribution in [0, 0.1) is 0 Å². The van der Waals surface area contributed by atoms with Gasteiger partial charge in [0.15, 0.2) is 0 Å². The van der Waals surface area contributed by atoms with Crippen molar-refractivity contribution in [1.82, 2.24) is 9.88 Å². The lowest BCUT2D eigenvalue weighted by Crippen LogP contribution is -2.17. The first-order chi connectivity index (χ1) is 8.70. The number of fused-ring (bicyclic) bond motifs is 1. The standard InChI is InChI=1S/C15H19BrN2/c1-3-10-4-7-13-12(8-10)15(16)14(18(13)2)9-17-11-5-6-11/h4,7-8,11,17H,3,5-6,9H2,1-2H3. The van der Waals surface area contributed by atoms with Gasteiger partial charge < -0.3 is 9.88 Å². The van der Waals surface area contributed by atoms with Crippen LogP contribution < -0.4 is 5.32 Å². The Labute approximate surface area is 116 Å². The summed E-state index contributed by atoms with van der Waals surface area (Å²) in [5, 5.41) is 4.93. The second kappa shape index (κ2) is 4.71. The van der Waals surface area contributed by atoms with Crippen molar-refractivity contribution in [2.45, 2.75) is 38.8 Å². The molecule has 1 heterocycles. The molecule has 1 aliphatic rings. The molecule has 2 nitrogen and oxygen atoms in total. The molecule has 1 saturated carbocycles. The third-order valence-electron chi connectivity index (χ3n) is 3.86. The zero-order valence-corrected chi connectivity index (χ0v) is 12.5. The number of nitrogens with one attached hydrogen (secondary N) is 1. The smallest absolute Gasteiger partial charge is 0.0492 e. The van der Waals surface area contributed by atoms with Crippen molar-refractivity contribution in [3.05, 3.63) is 33.9 Å². The first kappa shape index (κ1) is 12.2.